The Labute approximate surface area is 120 Å². The number of nitrogens with zero attached hydrogens (tertiary/aromatic N) is 2. The lowest BCUT2D eigenvalue weighted by Crippen LogP contribution is -2.34. The van der Waals surface area contributed by atoms with Gasteiger partial charge in [0.15, 0.2) is 11.0 Å². The van der Waals surface area contributed by atoms with E-state index in [-0.39, 0.29) is 34.6 Å². The molecule has 19 heavy (non-hydrogen) atoms. The van der Waals surface area contributed by atoms with Crippen molar-refractivity contribution in [2.45, 2.75) is 18.9 Å². The summed E-state index contributed by atoms with van der Waals surface area (Å²) < 4.78 is 5.52. The quantitative estimate of drug-likeness (QED) is 0.824. The number of amides is 1. The van der Waals surface area contributed by atoms with Crippen LogP contribution in [0.25, 0.3) is 0 Å². The molecular weight excluding hydrogens is 291 g/mol. The van der Waals surface area contributed by atoms with E-state index in [0.717, 1.165) is 25.9 Å². The second-order valence-corrected chi connectivity index (χ2v) is 4.87. The smallest absolute Gasteiger partial charge is 0.251 e. The van der Waals surface area contributed by atoms with Crippen molar-refractivity contribution < 1.29 is 9.53 Å². The maximum atomic E-state index is 11.7. The highest BCUT2D eigenvalue weighted by Gasteiger charge is 2.16. The second-order valence-electron chi connectivity index (χ2n) is 4.14. The first-order chi connectivity index (χ1) is 9.16. The third-order valence-corrected chi connectivity index (χ3v) is 3.48. The summed E-state index contributed by atoms with van der Waals surface area (Å²) in [5.41, 5.74) is 0. The van der Waals surface area contributed by atoms with Crippen LogP contribution in [0.2, 0.25) is 10.2 Å². The van der Waals surface area contributed by atoms with Crippen LogP contribution in [0.5, 0.6) is 0 Å². The summed E-state index contributed by atoms with van der Waals surface area (Å²) in [6.45, 7) is 1.81. The van der Waals surface area contributed by atoms with Crippen LogP contribution in [0.4, 0.5) is 5.82 Å². The van der Waals surface area contributed by atoms with Crippen molar-refractivity contribution in [3.63, 3.8) is 0 Å². The van der Waals surface area contributed by atoms with Gasteiger partial charge in [-0.05, 0) is 25.9 Å². The van der Waals surface area contributed by atoms with Gasteiger partial charge in [0.2, 0.25) is 0 Å². The molecule has 6 nitrogen and oxygen atoms in total. The Balaban J connectivity index is 1.82. The first kappa shape index (κ1) is 14.5. The number of ether oxygens (including phenoxy) is 1. The molecule has 1 amide bonds. The molecule has 0 atom stereocenters. The third kappa shape index (κ3) is 4.28. The Morgan fingerprint density at radius 1 is 1.42 bits per heavy atom. The maximum absolute atomic E-state index is 11.7. The van der Waals surface area contributed by atoms with E-state index in [9.17, 15) is 4.79 Å². The number of carbonyl (C=O) groups is 1. The molecule has 8 heteroatoms. The van der Waals surface area contributed by atoms with Gasteiger partial charge in [-0.3, -0.25) is 4.79 Å². The number of nitrogens with one attached hydrogen (secondary N) is 2. The van der Waals surface area contributed by atoms with Crippen LogP contribution in [0.1, 0.15) is 12.8 Å². The molecule has 0 aliphatic carbocycles. The molecule has 0 aromatic carbocycles. The highest BCUT2D eigenvalue weighted by molar-refractivity contribution is 6.42. The molecule has 0 bridgehead atoms. The van der Waals surface area contributed by atoms with Gasteiger partial charge in [-0.1, -0.05) is 23.2 Å². The minimum Gasteiger partial charge on any atom is -0.368 e. The number of aromatic nitrogens is 2. The number of anilines is 1. The predicted molar refractivity (Wildman–Crippen MR) is 72.5 cm³/mol. The van der Waals surface area contributed by atoms with Crippen molar-refractivity contribution >= 4 is 34.9 Å². The normalized spacial score (nSPS) is 16.3. The second kappa shape index (κ2) is 7.00. The highest BCUT2D eigenvalue weighted by atomic mass is 35.5. The summed E-state index contributed by atoms with van der Waals surface area (Å²) in [5, 5.41) is 6.00. The summed E-state index contributed by atoms with van der Waals surface area (Å²) in [6.07, 6.45) is 3.18. The van der Waals surface area contributed by atoms with Crippen molar-refractivity contribution in [2.75, 3.05) is 25.0 Å². The van der Waals surface area contributed by atoms with Gasteiger partial charge in [-0.15, -0.1) is 0 Å². The number of hydrogen-bond acceptors (Lipinski definition) is 5. The van der Waals surface area contributed by atoms with Crippen LogP contribution in [0.15, 0.2) is 6.33 Å². The van der Waals surface area contributed by atoms with E-state index in [0.29, 0.717) is 0 Å². The van der Waals surface area contributed by atoms with Crippen LogP contribution in [0, 0.1) is 0 Å². The molecular formula is C11H14Cl2N4O2. The van der Waals surface area contributed by atoms with E-state index < -0.39 is 0 Å². The Hall–Kier alpha value is -0.950. The molecule has 1 saturated heterocycles. The molecule has 2 N–H and O–H groups in total. The highest BCUT2D eigenvalue weighted by Crippen LogP contribution is 2.25. The molecule has 1 aromatic heterocycles. The van der Waals surface area contributed by atoms with Crippen LogP contribution in [-0.4, -0.2) is 41.7 Å². The van der Waals surface area contributed by atoms with E-state index in [1.165, 1.54) is 6.33 Å². The molecule has 0 spiro atoms. The molecule has 1 fully saturated rings. The zero-order chi connectivity index (χ0) is 13.7. The van der Waals surface area contributed by atoms with Gasteiger partial charge in [0.1, 0.15) is 18.0 Å². The van der Waals surface area contributed by atoms with E-state index in [4.69, 9.17) is 27.9 Å². The number of carbonyl (C=O) groups excluding carboxylic acids is 1. The summed E-state index contributed by atoms with van der Waals surface area (Å²) >= 11 is 11.6. The topological polar surface area (TPSA) is 76.1 Å². The minimum atomic E-state index is -0.310. The van der Waals surface area contributed by atoms with Gasteiger partial charge in [-0.2, -0.15) is 0 Å². The van der Waals surface area contributed by atoms with Gasteiger partial charge in [0.05, 0.1) is 6.10 Å². The first-order valence-electron chi connectivity index (χ1n) is 5.95. The van der Waals surface area contributed by atoms with Crippen LogP contribution in [-0.2, 0) is 9.53 Å². The first-order valence-corrected chi connectivity index (χ1v) is 6.70. The monoisotopic (exact) mass is 304 g/mol. The molecule has 0 radical (unpaired) electrons. The average molecular weight is 305 g/mol. The zero-order valence-corrected chi connectivity index (χ0v) is 11.7. The minimum absolute atomic E-state index is 0.0252. The lowest BCUT2D eigenvalue weighted by molar-refractivity contribution is -0.123. The fourth-order valence-electron chi connectivity index (χ4n) is 1.76. The zero-order valence-electron chi connectivity index (χ0n) is 10.2. The molecule has 1 aliphatic rings. The molecule has 1 aromatic rings. The van der Waals surface area contributed by atoms with Crippen molar-refractivity contribution in [2.24, 2.45) is 0 Å². The van der Waals surface area contributed by atoms with Crippen LogP contribution < -0.4 is 10.6 Å². The van der Waals surface area contributed by atoms with Crippen molar-refractivity contribution in [3.05, 3.63) is 16.5 Å². The van der Waals surface area contributed by atoms with Gasteiger partial charge in [0, 0.05) is 0 Å². The van der Waals surface area contributed by atoms with Gasteiger partial charge in [0.25, 0.3) is 5.91 Å². The van der Waals surface area contributed by atoms with Crippen molar-refractivity contribution in [3.8, 4) is 0 Å². The van der Waals surface area contributed by atoms with Crippen LogP contribution in [0.3, 0.4) is 0 Å². The maximum Gasteiger partial charge on any atom is 0.251 e. The van der Waals surface area contributed by atoms with Gasteiger partial charge < -0.3 is 15.4 Å². The third-order valence-electron chi connectivity index (χ3n) is 2.74. The summed E-state index contributed by atoms with van der Waals surface area (Å²) in [4.78, 5) is 19.3. The number of piperidine rings is 1. The molecule has 0 saturated carbocycles. The van der Waals surface area contributed by atoms with E-state index >= 15 is 0 Å². The Bertz CT molecular complexity index is 452. The summed E-state index contributed by atoms with van der Waals surface area (Å²) in [6, 6.07) is 0. The van der Waals surface area contributed by atoms with Crippen molar-refractivity contribution in [1.29, 1.82) is 0 Å². The molecule has 2 heterocycles. The summed E-state index contributed by atoms with van der Waals surface area (Å²) in [5.74, 6) is -0.115. The molecule has 2 rings (SSSR count). The molecule has 1 aliphatic heterocycles. The Morgan fingerprint density at radius 2 is 2.16 bits per heavy atom. The van der Waals surface area contributed by atoms with Gasteiger partial charge >= 0.3 is 0 Å². The van der Waals surface area contributed by atoms with E-state index in [1.807, 2.05) is 0 Å². The number of hydrogen-bond donors (Lipinski definition) is 2. The van der Waals surface area contributed by atoms with Crippen molar-refractivity contribution in [1.82, 2.24) is 15.3 Å². The fraction of sp³-hybridized carbons (Fsp3) is 0.545. The average Bonchev–Trinajstić information content (AvgIpc) is 2.43. The lowest BCUT2D eigenvalue weighted by atomic mass is 10.1. The number of rotatable bonds is 4. The van der Waals surface area contributed by atoms with E-state index in [2.05, 4.69) is 20.6 Å². The van der Waals surface area contributed by atoms with Crippen LogP contribution >= 0.6 is 23.2 Å². The molecule has 0 unspecified atom stereocenters. The fourth-order valence-corrected chi connectivity index (χ4v) is 2.04. The standard InChI is InChI=1S/C11H14Cl2N4O2/c12-9-10(13)15-6-16-11(9)17-8(18)5-19-7-1-3-14-4-2-7/h6-7,14H,1-5H2,(H,15,16,17,18). The summed E-state index contributed by atoms with van der Waals surface area (Å²) in [7, 11) is 0. The SMILES string of the molecule is O=C(COC1CCNCC1)Nc1ncnc(Cl)c1Cl. The number of halogens is 2. The Morgan fingerprint density at radius 3 is 2.89 bits per heavy atom. The lowest BCUT2D eigenvalue weighted by Gasteiger charge is -2.22. The van der Waals surface area contributed by atoms with E-state index in [1.54, 1.807) is 0 Å². The van der Waals surface area contributed by atoms with Gasteiger partial charge in [-0.25, -0.2) is 9.97 Å². The largest absolute Gasteiger partial charge is 0.368 e. The predicted octanol–water partition coefficient (Wildman–Crippen LogP) is 1.49. The molecule has 104 valence electrons. The Kier molecular flexibility index (Phi) is 5.33.